The Morgan fingerprint density at radius 1 is 1.37 bits per heavy atom. The molecule has 1 amide bonds. The highest BCUT2D eigenvalue weighted by Gasteiger charge is 2.25. The SMILES string of the molecule is Cc1cc(C)c(C#N)c(N2CCC(CN(C)C(=O)c3cn(C)cn3)CC2)n1. The average Bonchev–Trinajstić information content (AvgIpc) is 3.07. The Morgan fingerprint density at radius 3 is 2.67 bits per heavy atom. The molecule has 0 atom stereocenters. The first-order chi connectivity index (χ1) is 12.9. The average molecular weight is 366 g/mol. The van der Waals surface area contributed by atoms with Crippen molar-refractivity contribution in [3.05, 3.63) is 41.1 Å². The zero-order valence-corrected chi connectivity index (χ0v) is 16.4. The van der Waals surface area contributed by atoms with E-state index in [-0.39, 0.29) is 5.91 Å². The first-order valence-electron chi connectivity index (χ1n) is 9.25. The number of piperidine rings is 1. The third-order valence-corrected chi connectivity index (χ3v) is 5.15. The van der Waals surface area contributed by atoms with Crippen molar-refractivity contribution in [2.75, 3.05) is 31.6 Å². The smallest absolute Gasteiger partial charge is 0.273 e. The second kappa shape index (κ2) is 7.78. The molecule has 0 aliphatic carbocycles. The molecule has 7 nitrogen and oxygen atoms in total. The van der Waals surface area contributed by atoms with Crippen LogP contribution < -0.4 is 4.90 Å². The van der Waals surface area contributed by atoms with Crippen molar-refractivity contribution < 1.29 is 4.79 Å². The monoisotopic (exact) mass is 366 g/mol. The standard InChI is InChI=1S/C20H26N6O/c1-14-9-15(2)23-19(17(14)10-21)26-7-5-16(6-8-26)11-25(4)20(27)18-12-24(3)13-22-18/h9,12-13,16H,5-8,11H2,1-4H3. The first-order valence-corrected chi connectivity index (χ1v) is 9.25. The molecule has 1 aliphatic heterocycles. The number of hydrogen-bond acceptors (Lipinski definition) is 5. The molecule has 2 aromatic heterocycles. The van der Waals surface area contributed by atoms with Crippen LogP contribution in [0.25, 0.3) is 0 Å². The number of hydrogen-bond donors (Lipinski definition) is 0. The maximum atomic E-state index is 12.5. The van der Waals surface area contributed by atoms with E-state index in [0.717, 1.165) is 43.0 Å². The van der Waals surface area contributed by atoms with E-state index in [4.69, 9.17) is 0 Å². The lowest BCUT2D eigenvalue weighted by molar-refractivity contribution is 0.0759. The van der Waals surface area contributed by atoms with Crippen LogP contribution >= 0.6 is 0 Å². The number of anilines is 1. The van der Waals surface area contributed by atoms with Crippen LogP contribution in [0.3, 0.4) is 0 Å². The highest BCUT2D eigenvalue weighted by Crippen LogP contribution is 2.27. The molecule has 1 aliphatic rings. The van der Waals surface area contributed by atoms with Gasteiger partial charge in [-0.2, -0.15) is 5.26 Å². The summed E-state index contributed by atoms with van der Waals surface area (Å²) in [5.41, 5.74) is 3.06. The van der Waals surface area contributed by atoms with Crippen LogP contribution in [0.5, 0.6) is 0 Å². The summed E-state index contributed by atoms with van der Waals surface area (Å²) in [7, 11) is 3.69. The molecule has 27 heavy (non-hydrogen) atoms. The fraction of sp³-hybridized carbons (Fsp3) is 0.500. The third kappa shape index (κ3) is 4.11. The molecule has 142 valence electrons. The molecule has 0 spiro atoms. The van der Waals surface area contributed by atoms with E-state index in [0.29, 0.717) is 23.7 Å². The highest BCUT2D eigenvalue weighted by molar-refractivity contribution is 5.91. The summed E-state index contributed by atoms with van der Waals surface area (Å²) in [4.78, 5) is 25.2. The first kappa shape index (κ1) is 18.9. The van der Waals surface area contributed by atoms with Crippen molar-refractivity contribution in [1.82, 2.24) is 19.4 Å². The molecule has 0 saturated carbocycles. The minimum absolute atomic E-state index is 0.0410. The van der Waals surface area contributed by atoms with Crippen LogP contribution in [0.1, 0.15) is 40.2 Å². The molecular formula is C20H26N6O. The number of pyridine rings is 1. The number of carbonyl (C=O) groups excluding carboxylic acids is 1. The van der Waals surface area contributed by atoms with Gasteiger partial charge in [0.05, 0.1) is 11.9 Å². The number of nitrogens with zero attached hydrogens (tertiary/aromatic N) is 6. The van der Waals surface area contributed by atoms with Crippen molar-refractivity contribution in [2.45, 2.75) is 26.7 Å². The van der Waals surface area contributed by atoms with Crippen LogP contribution in [-0.4, -0.2) is 52.0 Å². The van der Waals surface area contributed by atoms with Gasteiger partial charge in [-0.15, -0.1) is 0 Å². The Bertz CT molecular complexity index is 873. The molecule has 3 rings (SSSR count). The van der Waals surface area contributed by atoms with Crippen LogP contribution in [0.4, 0.5) is 5.82 Å². The van der Waals surface area contributed by atoms with E-state index in [1.807, 2.05) is 34.0 Å². The Kier molecular flexibility index (Phi) is 5.45. The van der Waals surface area contributed by atoms with E-state index in [2.05, 4.69) is 20.9 Å². The van der Waals surface area contributed by atoms with Gasteiger partial charge < -0.3 is 14.4 Å². The number of nitriles is 1. The van der Waals surface area contributed by atoms with Gasteiger partial charge in [-0.1, -0.05) is 0 Å². The van der Waals surface area contributed by atoms with Crippen LogP contribution in [0.2, 0.25) is 0 Å². The third-order valence-electron chi connectivity index (χ3n) is 5.15. The molecule has 7 heteroatoms. The molecule has 2 aromatic rings. The predicted molar refractivity (Wildman–Crippen MR) is 104 cm³/mol. The number of imidazole rings is 1. The van der Waals surface area contributed by atoms with Gasteiger partial charge in [0.1, 0.15) is 17.6 Å². The van der Waals surface area contributed by atoms with Gasteiger partial charge in [0.25, 0.3) is 5.91 Å². The van der Waals surface area contributed by atoms with Gasteiger partial charge in [0, 0.05) is 45.6 Å². The van der Waals surface area contributed by atoms with Gasteiger partial charge in [0.2, 0.25) is 0 Å². The molecule has 1 fully saturated rings. The van der Waals surface area contributed by atoms with Crippen LogP contribution in [-0.2, 0) is 7.05 Å². The van der Waals surface area contributed by atoms with E-state index in [1.165, 1.54) is 0 Å². The molecule has 0 radical (unpaired) electrons. The van der Waals surface area contributed by atoms with E-state index >= 15 is 0 Å². The van der Waals surface area contributed by atoms with Crippen molar-refractivity contribution >= 4 is 11.7 Å². The fourth-order valence-electron chi connectivity index (χ4n) is 3.70. The highest BCUT2D eigenvalue weighted by atomic mass is 16.2. The second-order valence-electron chi connectivity index (χ2n) is 7.43. The molecule has 0 unspecified atom stereocenters. The molecule has 3 heterocycles. The predicted octanol–water partition coefficient (Wildman–Crippen LogP) is 2.29. The number of amides is 1. The lowest BCUT2D eigenvalue weighted by Crippen LogP contribution is -2.40. The Balaban J connectivity index is 1.61. The van der Waals surface area contributed by atoms with Crippen molar-refractivity contribution in [1.29, 1.82) is 5.26 Å². The summed E-state index contributed by atoms with van der Waals surface area (Å²) in [5, 5.41) is 9.49. The zero-order chi connectivity index (χ0) is 19.6. The largest absolute Gasteiger partial charge is 0.355 e. The number of aryl methyl sites for hydroxylation is 3. The summed E-state index contributed by atoms with van der Waals surface area (Å²) in [6, 6.07) is 4.25. The van der Waals surface area contributed by atoms with Gasteiger partial charge in [-0.25, -0.2) is 9.97 Å². The number of carbonyl (C=O) groups is 1. The van der Waals surface area contributed by atoms with Gasteiger partial charge in [-0.05, 0) is 44.2 Å². The summed E-state index contributed by atoms with van der Waals surface area (Å²) in [6.07, 6.45) is 5.33. The molecule has 1 saturated heterocycles. The molecule has 0 bridgehead atoms. The molecular weight excluding hydrogens is 340 g/mol. The number of rotatable bonds is 4. The van der Waals surface area contributed by atoms with Gasteiger partial charge >= 0.3 is 0 Å². The van der Waals surface area contributed by atoms with Crippen LogP contribution in [0, 0.1) is 31.1 Å². The normalized spacial score (nSPS) is 14.9. The lowest BCUT2D eigenvalue weighted by Gasteiger charge is -2.35. The summed E-state index contributed by atoms with van der Waals surface area (Å²) >= 11 is 0. The maximum Gasteiger partial charge on any atom is 0.273 e. The van der Waals surface area contributed by atoms with Crippen molar-refractivity contribution in [3.8, 4) is 6.07 Å². The zero-order valence-electron chi connectivity index (χ0n) is 16.4. The Labute approximate surface area is 160 Å². The van der Waals surface area contributed by atoms with Crippen molar-refractivity contribution in [2.24, 2.45) is 13.0 Å². The van der Waals surface area contributed by atoms with E-state index < -0.39 is 0 Å². The molecule has 0 N–H and O–H groups in total. The Hall–Kier alpha value is -2.88. The minimum atomic E-state index is -0.0410. The quantitative estimate of drug-likeness (QED) is 0.830. The summed E-state index contributed by atoms with van der Waals surface area (Å²) in [6.45, 7) is 6.33. The minimum Gasteiger partial charge on any atom is -0.355 e. The second-order valence-corrected chi connectivity index (χ2v) is 7.43. The summed E-state index contributed by atoms with van der Waals surface area (Å²) in [5.74, 6) is 1.20. The summed E-state index contributed by atoms with van der Waals surface area (Å²) < 4.78 is 1.78. The number of aromatic nitrogens is 3. The topological polar surface area (TPSA) is 78.0 Å². The fourth-order valence-corrected chi connectivity index (χ4v) is 3.70. The van der Waals surface area contributed by atoms with Crippen molar-refractivity contribution in [3.63, 3.8) is 0 Å². The maximum absolute atomic E-state index is 12.5. The Morgan fingerprint density at radius 2 is 2.07 bits per heavy atom. The van der Waals surface area contributed by atoms with Crippen LogP contribution in [0.15, 0.2) is 18.6 Å². The lowest BCUT2D eigenvalue weighted by atomic mass is 9.95. The van der Waals surface area contributed by atoms with Gasteiger partial charge in [0.15, 0.2) is 0 Å². The van der Waals surface area contributed by atoms with Gasteiger partial charge in [-0.3, -0.25) is 4.79 Å². The van der Waals surface area contributed by atoms with E-state index in [9.17, 15) is 10.1 Å². The molecule has 0 aromatic carbocycles. The van der Waals surface area contributed by atoms with E-state index in [1.54, 1.807) is 22.0 Å².